The summed E-state index contributed by atoms with van der Waals surface area (Å²) in [4.78, 5) is 11.3. The number of hydrogen-bond donors (Lipinski definition) is 1. The minimum atomic E-state index is -0.204. The molecule has 82 valence electrons. The molecular formula is C10H10BrCl2NO. The van der Waals surface area contributed by atoms with Crippen LogP contribution in [0.2, 0.25) is 10.0 Å². The topological polar surface area (TPSA) is 29.1 Å². The minimum absolute atomic E-state index is 0.110. The second kappa shape index (κ2) is 5.73. The molecule has 1 aromatic carbocycles. The number of rotatable bonds is 3. The van der Waals surface area contributed by atoms with Crippen LogP contribution in [0.15, 0.2) is 18.2 Å². The zero-order valence-electron chi connectivity index (χ0n) is 8.06. The highest BCUT2D eigenvalue weighted by Crippen LogP contribution is 2.25. The van der Waals surface area contributed by atoms with Crippen LogP contribution in [0.1, 0.15) is 13.3 Å². The van der Waals surface area contributed by atoms with E-state index in [1.807, 2.05) is 6.92 Å². The van der Waals surface area contributed by atoms with Crippen LogP contribution >= 0.6 is 39.1 Å². The Morgan fingerprint density at radius 2 is 2.20 bits per heavy atom. The summed E-state index contributed by atoms with van der Waals surface area (Å²) in [5.41, 5.74) is 0.573. The molecule has 0 aliphatic heterocycles. The van der Waals surface area contributed by atoms with E-state index >= 15 is 0 Å². The number of halogens is 3. The standard InChI is InChI=1S/C10H10BrCl2NO/c1-2-7(11)10(15)14-9-4-3-6(12)5-8(9)13/h3-5,7H,2H2,1H3,(H,14,15)/t7-/m0/s1. The number of anilines is 1. The average Bonchev–Trinajstić information content (AvgIpc) is 2.20. The summed E-state index contributed by atoms with van der Waals surface area (Å²) in [7, 11) is 0. The van der Waals surface area contributed by atoms with Gasteiger partial charge in [0.15, 0.2) is 0 Å². The number of amides is 1. The zero-order valence-corrected chi connectivity index (χ0v) is 11.2. The van der Waals surface area contributed by atoms with Crippen LogP contribution < -0.4 is 5.32 Å². The summed E-state index contributed by atoms with van der Waals surface area (Å²) >= 11 is 14.9. The van der Waals surface area contributed by atoms with Crippen LogP contribution in [-0.2, 0) is 4.79 Å². The number of alkyl halides is 1. The maximum atomic E-state index is 11.5. The molecule has 0 spiro atoms. The van der Waals surface area contributed by atoms with Crippen molar-refractivity contribution in [1.29, 1.82) is 0 Å². The molecule has 0 unspecified atom stereocenters. The van der Waals surface area contributed by atoms with Gasteiger partial charge in [-0.2, -0.15) is 0 Å². The van der Waals surface area contributed by atoms with E-state index < -0.39 is 0 Å². The minimum Gasteiger partial charge on any atom is -0.324 e. The van der Waals surface area contributed by atoms with E-state index in [1.54, 1.807) is 18.2 Å². The molecule has 1 atom stereocenters. The van der Waals surface area contributed by atoms with E-state index in [1.165, 1.54) is 0 Å². The normalized spacial score (nSPS) is 12.3. The predicted molar refractivity (Wildman–Crippen MR) is 68.1 cm³/mol. The number of nitrogens with one attached hydrogen (secondary N) is 1. The molecule has 0 aliphatic carbocycles. The second-order valence-electron chi connectivity index (χ2n) is 2.99. The maximum absolute atomic E-state index is 11.5. The molecule has 0 fully saturated rings. The SMILES string of the molecule is CC[C@H](Br)C(=O)Nc1ccc(Cl)cc1Cl. The Kier molecular flexibility index (Phi) is 4.90. The van der Waals surface area contributed by atoms with E-state index in [0.29, 0.717) is 15.7 Å². The molecule has 2 nitrogen and oxygen atoms in total. The lowest BCUT2D eigenvalue weighted by Gasteiger charge is -2.10. The van der Waals surface area contributed by atoms with Crippen molar-refractivity contribution in [1.82, 2.24) is 0 Å². The van der Waals surface area contributed by atoms with Crippen molar-refractivity contribution in [3.05, 3.63) is 28.2 Å². The third-order valence-electron chi connectivity index (χ3n) is 1.83. The van der Waals surface area contributed by atoms with E-state index in [0.717, 1.165) is 6.42 Å². The van der Waals surface area contributed by atoms with Gasteiger partial charge in [-0.25, -0.2) is 0 Å². The molecule has 1 rings (SSSR count). The summed E-state index contributed by atoms with van der Waals surface area (Å²) in [6, 6.07) is 4.95. The summed E-state index contributed by atoms with van der Waals surface area (Å²) in [6.07, 6.45) is 0.719. The molecule has 0 aliphatic rings. The smallest absolute Gasteiger partial charge is 0.238 e. The zero-order chi connectivity index (χ0) is 11.4. The number of hydrogen-bond acceptors (Lipinski definition) is 1. The number of carbonyl (C=O) groups excluding carboxylic acids is 1. The lowest BCUT2D eigenvalue weighted by molar-refractivity contribution is -0.115. The molecule has 0 aromatic heterocycles. The summed E-state index contributed by atoms with van der Waals surface area (Å²) < 4.78 is 0. The summed E-state index contributed by atoms with van der Waals surface area (Å²) in [6.45, 7) is 1.92. The Labute approximate surface area is 107 Å². The molecule has 15 heavy (non-hydrogen) atoms. The fraction of sp³-hybridized carbons (Fsp3) is 0.300. The molecule has 0 heterocycles. The van der Waals surface area contributed by atoms with Gasteiger partial charge in [0.2, 0.25) is 5.91 Å². The Morgan fingerprint density at radius 1 is 1.53 bits per heavy atom. The Hall–Kier alpha value is -0.250. The van der Waals surface area contributed by atoms with Gasteiger partial charge >= 0.3 is 0 Å². The van der Waals surface area contributed by atoms with E-state index in [4.69, 9.17) is 23.2 Å². The Bertz CT molecular complexity index is 370. The van der Waals surface area contributed by atoms with Gasteiger partial charge < -0.3 is 5.32 Å². The molecule has 0 saturated carbocycles. The molecule has 1 aromatic rings. The first-order chi connectivity index (χ1) is 7.04. The third-order valence-corrected chi connectivity index (χ3v) is 3.44. The predicted octanol–water partition coefficient (Wildman–Crippen LogP) is 4.11. The van der Waals surface area contributed by atoms with Crippen molar-refractivity contribution in [2.24, 2.45) is 0 Å². The van der Waals surface area contributed by atoms with Crippen molar-refractivity contribution in [2.45, 2.75) is 18.2 Å². The van der Waals surface area contributed by atoms with Gasteiger partial charge in [-0.05, 0) is 24.6 Å². The van der Waals surface area contributed by atoms with Crippen LogP contribution in [0, 0.1) is 0 Å². The van der Waals surface area contributed by atoms with Crippen LogP contribution in [0.4, 0.5) is 5.69 Å². The number of carbonyl (C=O) groups is 1. The van der Waals surface area contributed by atoms with E-state index in [9.17, 15) is 4.79 Å². The summed E-state index contributed by atoms with van der Waals surface area (Å²) in [5, 5.41) is 3.69. The largest absolute Gasteiger partial charge is 0.324 e. The first-order valence-corrected chi connectivity index (χ1v) is 6.11. The molecule has 5 heteroatoms. The van der Waals surface area contributed by atoms with Crippen molar-refractivity contribution in [3.63, 3.8) is 0 Å². The quantitative estimate of drug-likeness (QED) is 0.837. The fourth-order valence-corrected chi connectivity index (χ4v) is 1.56. The lowest BCUT2D eigenvalue weighted by Crippen LogP contribution is -2.22. The second-order valence-corrected chi connectivity index (χ2v) is 4.94. The van der Waals surface area contributed by atoms with Gasteiger partial charge in [0, 0.05) is 5.02 Å². The van der Waals surface area contributed by atoms with Gasteiger partial charge in [-0.1, -0.05) is 46.1 Å². The molecule has 1 N–H and O–H groups in total. The van der Waals surface area contributed by atoms with Gasteiger partial charge in [-0.15, -0.1) is 0 Å². The lowest BCUT2D eigenvalue weighted by atomic mass is 10.3. The Balaban J connectivity index is 2.77. The average molecular weight is 311 g/mol. The maximum Gasteiger partial charge on any atom is 0.238 e. The highest BCUT2D eigenvalue weighted by atomic mass is 79.9. The van der Waals surface area contributed by atoms with Crippen molar-refractivity contribution in [3.8, 4) is 0 Å². The van der Waals surface area contributed by atoms with Gasteiger partial charge in [0.05, 0.1) is 15.5 Å². The Morgan fingerprint density at radius 3 is 2.73 bits per heavy atom. The van der Waals surface area contributed by atoms with Gasteiger partial charge in [0.25, 0.3) is 0 Å². The molecule has 1 amide bonds. The highest BCUT2D eigenvalue weighted by molar-refractivity contribution is 9.10. The van der Waals surface area contributed by atoms with Crippen molar-refractivity contribution >= 4 is 50.7 Å². The molecule has 0 radical (unpaired) electrons. The highest BCUT2D eigenvalue weighted by Gasteiger charge is 2.13. The molecule has 0 saturated heterocycles. The first kappa shape index (κ1) is 12.8. The number of benzene rings is 1. The van der Waals surface area contributed by atoms with Crippen LogP contribution in [0.25, 0.3) is 0 Å². The van der Waals surface area contributed by atoms with Crippen molar-refractivity contribution in [2.75, 3.05) is 5.32 Å². The molecular weight excluding hydrogens is 301 g/mol. The third kappa shape index (κ3) is 3.67. The van der Waals surface area contributed by atoms with Crippen LogP contribution in [-0.4, -0.2) is 10.7 Å². The fourth-order valence-electron chi connectivity index (χ4n) is 0.987. The van der Waals surface area contributed by atoms with Crippen LogP contribution in [0.5, 0.6) is 0 Å². The summed E-state index contributed by atoms with van der Waals surface area (Å²) in [5.74, 6) is -0.110. The van der Waals surface area contributed by atoms with Gasteiger partial charge in [0.1, 0.15) is 0 Å². The van der Waals surface area contributed by atoms with E-state index in [-0.39, 0.29) is 10.7 Å². The first-order valence-electron chi connectivity index (χ1n) is 4.44. The van der Waals surface area contributed by atoms with Gasteiger partial charge in [-0.3, -0.25) is 4.79 Å². The van der Waals surface area contributed by atoms with Crippen LogP contribution in [0.3, 0.4) is 0 Å². The monoisotopic (exact) mass is 309 g/mol. The molecule has 0 bridgehead atoms. The van der Waals surface area contributed by atoms with E-state index in [2.05, 4.69) is 21.2 Å². The van der Waals surface area contributed by atoms with Crippen molar-refractivity contribution < 1.29 is 4.79 Å².